The van der Waals surface area contributed by atoms with Crippen LogP contribution >= 0.6 is 0 Å². The van der Waals surface area contributed by atoms with Crippen molar-refractivity contribution in [3.05, 3.63) is 120 Å². The van der Waals surface area contributed by atoms with Crippen LogP contribution in [0.5, 0.6) is 0 Å². The minimum Gasteiger partial charge on any atom is -0.351 e. The SMILES string of the molecule is O=C(CNCc1ccccc1)NCc1cn(-c2ccccc2)nc1-c1ccc2ccccc2c1. The smallest absolute Gasteiger partial charge is 0.234 e. The van der Waals surface area contributed by atoms with Gasteiger partial charge in [-0.15, -0.1) is 0 Å². The third-order valence-corrected chi connectivity index (χ3v) is 5.77. The van der Waals surface area contributed by atoms with Crippen molar-refractivity contribution in [1.82, 2.24) is 20.4 Å². The van der Waals surface area contributed by atoms with Gasteiger partial charge in [0, 0.05) is 30.4 Å². The molecule has 0 unspecified atom stereocenters. The Bertz CT molecular complexity index is 1390. The molecule has 0 saturated carbocycles. The largest absolute Gasteiger partial charge is 0.351 e. The molecule has 0 radical (unpaired) electrons. The average Bonchev–Trinajstić information content (AvgIpc) is 3.33. The minimum atomic E-state index is -0.0483. The fraction of sp³-hybridized carbons (Fsp3) is 0.103. The van der Waals surface area contributed by atoms with Crippen LogP contribution in [0.3, 0.4) is 0 Å². The summed E-state index contributed by atoms with van der Waals surface area (Å²) in [5, 5.41) is 13.5. The predicted molar refractivity (Wildman–Crippen MR) is 137 cm³/mol. The summed E-state index contributed by atoms with van der Waals surface area (Å²) < 4.78 is 1.87. The third kappa shape index (κ3) is 5.05. The maximum atomic E-state index is 12.5. The molecule has 0 spiro atoms. The van der Waals surface area contributed by atoms with Gasteiger partial charge >= 0.3 is 0 Å². The van der Waals surface area contributed by atoms with E-state index in [1.807, 2.05) is 83.7 Å². The van der Waals surface area contributed by atoms with Crippen LogP contribution in [0.1, 0.15) is 11.1 Å². The lowest BCUT2D eigenvalue weighted by Crippen LogP contribution is -2.33. The maximum absolute atomic E-state index is 12.5. The minimum absolute atomic E-state index is 0.0483. The first-order chi connectivity index (χ1) is 16.8. The van der Waals surface area contributed by atoms with E-state index in [1.54, 1.807) is 0 Å². The second kappa shape index (κ2) is 10.1. The van der Waals surface area contributed by atoms with Crippen LogP contribution in [-0.2, 0) is 17.9 Å². The number of hydrogen-bond acceptors (Lipinski definition) is 3. The fourth-order valence-corrected chi connectivity index (χ4v) is 4.00. The molecule has 0 atom stereocenters. The molecule has 1 amide bonds. The van der Waals surface area contributed by atoms with Crippen molar-refractivity contribution < 1.29 is 4.79 Å². The van der Waals surface area contributed by atoms with E-state index in [1.165, 1.54) is 5.39 Å². The third-order valence-electron chi connectivity index (χ3n) is 5.77. The van der Waals surface area contributed by atoms with Crippen molar-refractivity contribution in [2.45, 2.75) is 13.1 Å². The van der Waals surface area contributed by atoms with Crippen LogP contribution in [-0.4, -0.2) is 22.2 Å². The zero-order valence-corrected chi connectivity index (χ0v) is 18.8. The van der Waals surface area contributed by atoms with Crippen LogP contribution in [0.4, 0.5) is 0 Å². The van der Waals surface area contributed by atoms with Crippen LogP contribution in [0.15, 0.2) is 109 Å². The molecule has 0 aliphatic rings. The van der Waals surface area contributed by atoms with Crippen molar-refractivity contribution in [1.29, 1.82) is 0 Å². The number of carbonyl (C=O) groups is 1. The lowest BCUT2D eigenvalue weighted by atomic mass is 10.0. The van der Waals surface area contributed by atoms with Crippen LogP contribution in [0, 0.1) is 0 Å². The number of benzene rings is 4. The van der Waals surface area contributed by atoms with Crippen molar-refractivity contribution >= 4 is 16.7 Å². The van der Waals surface area contributed by atoms with E-state index in [-0.39, 0.29) is 12.5 Å². The molecule has 5 rings (SSSR count). The topological polar surface area (TPSA) is 59.0 Å². The summed E-state index contributed by atoms with van der Waals surface area (Å²) in [5.41, 5.74) is 4.99. The molecule has 5 nitrogen and oxygen atoms in total. The Morgan fingerprint density at radius 3 is 2.26 bits per heavy atom. The summed E-state index contributed by atoms with van der Waals surface area (Å²) in [7, 11) is 0. The molecule has 2 N–H and O–H groups in total. The molecule has 1 heterocycles. The second-order valence-corrected chi connectivity index (χ2v) is 8.21. The van der Waals surface area contributed by atoms with Crippen LogP contribution < -0.4 is 10.6 Å². The molecule has 34 heavy (non-hydrogen) atoms. The summed E-state index contributed by atoms with van der Waals surface area (Å²) in [5.74, 6) is -0.0483. The molecule has 5 aromatic rings. The molecule has 0 bridgehead atoms. The van der Waals surface area contributed by atoms with Gasteiger partial charge in [-0.2, -0.15) is 5.10 Å². The average molecular weight is 447 g/mol. The first-order valence-electron chi connectivity index (χ1n) is 11.4. The van der Waals surface area contributed by atoms with E-state index in [9.17, 15) is 4.79 Å². The van der Waals surface area contributed by atoms with E-state index in [2.05, 4.69) is 41.0 Å². The van der Waals surface area contributed by atoms with Crippen molar-refractivity contribution in [2.75, 3.05) is 6.54 Å². The van der Waals surface area contributed by atoms with Gasteiger partial charge in [0.05, 0.1) is 17.9 Å². The monoisotopic (exact) mass is 446 g/mol. The highest BCUT2D eigenvalue weighted by Gasteiger charge is 2.14. The number of nitrogens with zero attached hydrogens (tertiary/aromatic N) is 2. The van der Waals surface area contributed by atoms with Gasteiger partial charge in [-0.1, -0.05) is 84.9 Å². The molecule has 0 aliphatic heterocycles. The Balaban J connectivity index is 1.34. The standard InChI is InChI=1S/C29H26N4O/c34-28(20-30-18-22-9-3-1-4-10-22)31-19-26-21-33(27-13-5-2-6-14-27)32-29(26)25-16-15-23-11-7-8-12-24(23)17-25/h1-17,21,30H,18-20H2,(H,31,34). The Morgan fingerprint density at radius 1 is 0.765 bits per heavy atom. The highest BCUT2D eigenvalue weighted by molar-refractivity contribution is 5.87. The van der Waals surface area contributed by atoms with Crippen molar-refractivity contribution in [3.8, 4) is 16.9 Å². The molecular weight excluding hydrogens is 420 g/mol. The zero-order valence-electron chi connectivity index (χ0n) is 18.8. The van der Waals surface area contributed by atoms with Gasteiger partial charge in [0.1, 0.15) is 0 Å². The molecule has 1 aromatic heterocycles. The van der Waals surface area contributed by atoms with Gasteiger partial charge in [-0.25, -0.2) is 4.68 Å². The lowest BCUT2D eigenvalue weighted by molar-refractivity contribution is -0.120. The van der Waals surface area contributed by atoms with Gasteiger partial charge in [0.25, 0.3) is 0 Å². The number of para-hydroxylation sites is 1. The van der Waals surface area contributed by atoms with Gasteiger partial charge in [0.2, 0.25) is 5.91 Å². The van der Waals surface area contributed by atoms with Gasteiger partial charge in [-0.3, -0.25) is 4.79 Å². The van der Waals surface area contributed by atoms with Crippen molar-refractivity contribution in [2.24, 2.45) is 0 Å². The summed E-state index contributed by atoms with van der Waals surface area (Å²) in [6.07, 6.45) is 2.00. The molecule has 0 aliphatic carbocycles. The zero-order chi connectivity index (χ0) is 23.2. The van der Waals surface area contributed by atoms with Gasteiger partial charge in [0.15, 0.2) is 0 Å². The summed E-state index contributed by atoms with van der Waals surface area (Å²) in [6.45, 7) is 1.32. The van der Waals surface area contributed by atoms with E-state index in [0.717, 1.165) is 33.5 Å². The fourth-order valence-electron chi connectivity index (χ4n) is 4.00. The van der Waals surface area contributed by atoms with Crippen LogP contribution in [0.2, 0.25) is 0 Å². The quantitative estimate of drug-likeness (QED) is 0.349. The molecule has 0 fully saturated rings. The van der Waals surface area contributed by atoms with Crippen LogP contribution in [0.25, 0.3) is 27.7 Å². The summed E-state index contributed by atoms with van der Waals surface area (Å²) in [6, 6.07) is 34.7. The molecule has 168 valence electrons. The Kier molecular flexibility index (Phi) is 6.45. The highest BCUT2D eigenvalue weighted by Crippen LogP contribution is 2.27. The lowest BCUT2D eigenvalue weighted by Gasteiger charge is -2.08. The number of aromatic nitrogens is 2. The second-order valence-electron chi connectivity index (χ2n) is 8.21. The van der Waals surface area contributed by atoms with E-state index in [4.69, 9.17) is 5.10 Å². The molecule has 4 aromatic carbocycles. The predicted octanol–water partition coefficient (Wildman–Crippen LogP) is 5.10. The van der Waals surface area contributed by atoms with Gasteiger partial charge < -0.3 is 10.6 Å². The number of carbonyl (C=O) groups excluding carboxylic acids is 1. The summed E-state index contributed by atoms with van der Waals surface area (Å²) in [4.78, 5) is 12.5. The number of rotatable bonds is 8. The molecule has 0 saturated heterocycles. The number of hydrogen-bond donors (Lipinski definition) is 2. The Labute approximate surface area is 199 Å². The normalized spacial score (nSPS) is 10.9. The van der Waals surface area contributed by atoms with E-state index in [0.29, 0.717) is 13.1 Å². The highest BCUT2D eigenvalue weighted by atomic mass is 16.1. The van der Waals surface area contributed by atoms with Gasteiger partial charge in [-0.05, 0) is 34.5 Å². The summed E-state index contributed by atoms with van der Waals surface area (Å²) >= 11 is 0. The van der Waals surface area contributed by atoms with Crippen molar-refractivity contribution in [3.63, 3.8) is 0 Å². The number of amides is 1. The Morgan fingerprint density at radius 2 is 1.47 bits per heavy atom. The van der Waals surface area contributed by atoms with E-state index >= 15 is 0 Å². The first-order valence-corrected chi connectivity index (χ1v) is 11.4. The number of nitrogens with one attached hydrogen (secondary N) is 2. The first kappa shape index (κ1) is 21.6. The van der Waals surface area contributed by atoms with E-state index < -0.39 is 0 Å². The Hall–Kier alpha value is -4.22. The molecule has 5 heteroatoms. The number of fused-ring (bicyclic) bond motifs is 1. The molecular formula is C29H26N4O. The maximum Gasteiger partial charge on any atom is 0.234 e.